The van der Waals surface area contributed by atoms with Crippen molar-refractivity contribution >= 4 is 23.0 Å². The molecule has 0 spiro atoms. The zero-order chi connectivity index (χ0) is 22.0. The van der Waals surface area contributed by atoms with E-state index in [0.29, 0.717) is 28.0 Å². The molecule has 0 radical (unpaired) electrons. The molecule has 0 saturated carbocycles. The van der Waals surface area contributed by atoms with Gasteiger partial charge in [0.25, 0.3) is 0 Å². The number of phenolic OH excluding ortho intramolecular Hbond substituents is 1. The standard InChI is InChI=1S/C24H18N2O5/c27-19-8-4-7-18-22(19)26-21(15-5-2-1-3-6-15)20(25-18)16-11-9-14(10-12-16)13-17(23(28)29)24(30)31/h1-12,17,27H,13H2,(H,28,29)(H,30,31). The first-order chi connectivity index (χ1) is 14.9. The quantitative estimate of drug-likeness (QED) is 0.408. The predicted octanol–water partition coefficient (Wildman–Crippen LogP) is 4.00. The summed E-state index contributed by atoms with van der Waals surface area (Å²) >= 11 is 0. The van der Waals surface area contributed by atoms with Crippen LogP contribution in [0.25, 0.3) is 33.5 Å². The summed E-state index contributed by atoms with van der Waals surface area (Å²) < 4.78 is 0. The normalized spacial score (nSPS) is 11.0. The molecule has 7 heteroatoms. The van der Waals surface area contributed by atoms with Crippen molar-refractivity contribution in [1.82, 2.24) is 9.97 Å². The second-order valence-electron chi connectivity index (χ2n) is 7.06. The van der Waals surface area contributed by atoms with Gasteiger partial charge in [0.15, 0.2) is 5.92 Å². The van der Waals surface area contributed by atoms with Crippen molar-refractivity contribution in [1.29, 1.82) is 0 Å². The van der Waals surface area contributed by atoms with Gasteiger partial charge in [-0.2, -0.15) is 0 Å². The fourth-order valence-electron chi connectivity index (χ4n) is 3.38. The fraction of sp³-hybridized carbons (Fsp3) is 0.0833. The average molecular weight is 414 g/mol. The molecule has 0 aliphatic carbocycles. The van der Waals surface area contributed by atoms with Crippen molar-refractivity contribution in [2.75, 3.05) is 0 Å². The number of carboxylic acids is 2. The molecule has 0 atom stereocenters. The maximum atomic E-state index is 11.2. The summed E-state index contributed by atoms with van der Waals surface area (Å²) in [5.74, 6) is -4.21. The Balaban J connectivity index is 1.80. The number of fused-ring (bicyclic) bond motifs is 1. The monoisotopic (exact) mass is 414 g/mol. The first-order valence-corrected chi connectivity index (χ1v) is 9.54. The van der Waals surface area contributed by atoms with E-state index in [9.17, 15) is 14.7 Å². The number of carboxylic acid groups (broad SMARTS) is 2. The van der Waals surface area contributed by atoms with Crippen molar-refractivity contribution < 1.29 is 24.9 Å². The van der Waals surface area contributed by atoms with Gasteiger partial charge in [-0.1, -0.05) is 60.7 Å². The Labute approximate surface area is 177 Å². The lowest BCUT2D eigenvalue weighted by Crippen LogP contribution is -2.25. The van der Waals surface area contributed by atoms with E-state index in [-0.39, 0.29) is 12.2 Å². The highest BCUT2D eigenvalue weighted by atomic mass is 16.4. The zero-order valence-electron chi connectivity index (χ0n) is 16.3. The number of para-hydroxylation sites is 1. The van der Waals surface area contributed by atoms with Crippen LogP contribution in [0.1, 0.15) is 5.56 Å². The van der Waals surface area contributed by atoms with E-state index in [1.54, 1.807) is 42.5 Å². The van der Waals surface area contributed by atoms with Crippen LogP contribution in [-0.2, 0) is 16.0 Å². The molecule has 0 aliphatic rings. The van der Waals surface area contributed by atoms with Crippen molar-refractivity contribution in [2.45, 2.75) is 6.42 Å². The largest absolute Gasteiger partial charge is 0.506 e. The SMILES string of the molecule is O=C(O)C(Cc1ccc(-c2nc3cccc(O)c3nc2-c2ccccc2)cc1)C(=O)O. The number of benzene rings is 3. The Morgan fingerprint density at radius 3 is 2.00 bits per heavy atom. The van der Waals surface area contributed by atoms with E-state index in [1.807, 2.05) is 30.3 Å². The summed E-state index contributed by atoms with van der Waals surface area (Å²) in [6.45, 7) is 0. The average Bonchev–Trinajstić information content (AvgIpc) is 2.77. The van der Waals surface area contributed by atoms with E-state index < -0.39 is 17.9 Å². The lowest BCUT2D eigenvalue weighted by atomic mass is 9.97. The molecule has 0 unspecified atom stereocenters. The Morgan fingerprint density at radius 2 is 1.35 bits per heavy atom. The van der Waals surface area contributed by atoms with Gasteiger partial charge in [0.05, 0.1) is 16.9 Å². The highest BCUT2D eigenvalue weighted by Crippen LogP contribution is 2.33. The van der Waals surface area contributed by atoms with Gasteiger partial charge in [0.2, 0.25) is 0 Å². The Morgan fingerprint density at radius 1 is 0.742 bits per heavy atom. The van der Waals surface area contributed by atoms with Crippen LogP contribution < -0.4 is 0 Å². The number of carbonyl (C=O) groups is 2. The summed E-state index contributed by atoms with van der Waals surface area (Å²) in [6, 6.07) is 21.4. The zero-order valence-corrected chi connectivity index (χ0v) is 16.3. The Kier molecular flexibility index (Phi) is 5.32. The molecular weight excluding hydrogens is 396 g/mol. The van der Waals surface area contributed by atoms with Crippen LogP contribution >= 0.6 is 0 Å². The van der Waals surface area contributed by atoms with Gasteiger partial charge >= 0.3 is 11.9 Å². The molecule has 3 aromatic carbocycles. The number of aromatic nitrogens is 2. The van der Waals surface area contributed by atoms with E-state index in [4.69, 9.17) is 15.2 Å². The number of aromatic hydroxyl groups is 1. The number of rotatable bonds is 6. The molecule has 4 rings (SSSR count). The van der Waals surface area contributed by atoms with Gasteiger partial charge < -0.3 is 15.3 Å². The molecule has 0 amide bonds. The third-order valence-corrected chi connectivity index (χ3v) is 4.98. The van der Waals surface area contributed by atoms with E-state index in [1.165, 1.54) is 0 Å². The van der Waals surface area contributed by atoms with Crippen molar-refractivity contribution in [3.05, 3.63) is 78.4 Å². The van der Waals surface area contributed by atoms with Gasteiger partial charge in [-0.05, 0) is 24.1 Å². The lowest BCUT2D eigenvalue weighted by Gasteiger charge is -2.12. The molecule has 0 saturated heterocycles. The molecular formula is C24H18N2O5. The van der Waals surface area contributed by atoms with Crippen molar-refractivity contribution in [3.63, 3.8) is 0 Å². The van der Waals surface area contributed by atoms with E-state index in [0.717, 1.165) is 11.1 Å². The number of nitrogens with zero attached hydrogens (tertiary/aromatic N) is 2. The van der Waals surface area contributed by atoms with Gasteiger partial charge in [-0.15, -0.1) is 0 Å². The summed E-state index contributed by atoms with van der Waals surface area (Å²) in [7, 11) is 0. The Bertz CT molecular complexity index is 1260. The topological polar surface area (TPSA) is 121 Å². The Hall–Kier alpha value is -4.26. The van der Waals surface area contributed by atoms with Gasteiger partial charge in [-0.25, -0.2) is 9.97 Å². The molecule has 154 valence electrons. The lowest BCUT2D eigenvalue weighted by molar-refractivity contribution is -0.154. The van der Waals surface area contributed by atoms with Crippen LogP contribution in [0.4, 0.5) is 0 Å². The van der Waals surface area contributed by atoms with Gasteiger partial charge in [-0.3, -0.25) is 9.59 Å². The van der Waals surface area contributed by atoms with Crippen molar-refractivity contribution in [2.24, 2.45) is 5.92 Å². The molecule has 1 aromatic heterocycles. The van der Waals surface area contributed by atoms with E-state index in [2.05, 4.69) is 4.98 Å². The smallest absolute Gasteiger partial charge is 0.318 e. The molecule has 1 heterocycles. The minimum atomic E-state index is -1.51. The first kappa shape index (κ1) is 20.0. The predicted molar refractivity (Wildman–Crippen MR) is 115 cm³/mol. The number of aliphatic carboxylic acids is 2. The number of hydrogen-bond donors (Lipinski definition) is 3. The van der Waals surface area contributed by atoms with Crippen LogP contribution in [-0.4, -0.2) is 37.2 Å². The maximum Gasteiger partial charge on any atom is 0.318 e. The second-order valence-corrected chi connectivity index (χ2v) is 7.06. The summed E-state index contributed by atoms with van der Waals surface area (Å²) in [5, 5.41) is 28.4. The maximum absolute atomic E-state index is 11.2. The van der Waals surface area contributed by atoms with Gasteiger partial charge in [0.1, 0.15) is 11.3 Å². The minimum absolute atomic E-state index is 0.0393. The second kappa shape index (κ2) is 8.23. The molecule has 31 heavy (non-hydrogen) atoms. The molecule has 0 bridgehead atoms. The first-order valence-electron chi connectivity index (χ1n) is 9.54. The molecule has 7 nitrogen and oxygen atoms in total. The molecule has 0 aliphatic heterocycles. The minimum Gasteiger partial charge on any atom is -0.506 e. The van der Waals surface area contributed by atoms with Crippen LogP contribution in [0.3, 0.4) is 0 Å². The molecule has 4 aromatic rings. The van der Waals surface area contributed by atoms with Crippen molar-refractivity contribution in [3.8, 4) is 28.3 Å². The van der Waals surface area contributed by atoms with E-state index >= 15 is 0 Å². The highest BCUT2D eigenvalue weighted by Gasteiger charge is 2.26. The summed E-state index contributed by atoms with van der Waals surface area (Å²) in [5.41, 5.74) is 4.29. The van der Waals surface area contributed by atoms with Crippen LogP contribution in [0.15, 0.2) is 72.8 Å². The van der Waals surface area contributed by atoms with Crippen LogP contribution in [0, 0.1) is 5.92 Å². The molecule has 0 fully saturated rings. The summed E-state index contributed by atoms with van der Waals surface area (Å²) in [6.07, 6.45) is -0.117. The fourth-order valence-corrected chi connectivity index (χ4v) is 3.38. The number of hydrogen-bond acceptors (Lipinski definition) is 5. The summed E-state index contributed by atoms with van der Waals surface area (Å²) in [4.78, 5) is 31.7. The third kappa shape index (κ3) is 4.06. The number of phenols is 1. The third-order valence-electron chi connectivity index (χ3n) is 4.98. The molecule has 3 N–H and O–H groups in total. The van der Waals surface area contributed by atoms with Crippen LogP contribution in [0.2, 0.25) is 0 Å². The van der Waals surface area contributed by atoms with Crippen LogP contribution in [0.5, 0.6) is 5.75 Å². The highest BCUT2D eigenvalue weighted by molar-refractivity contribution is 5.93. The van der Waals surface area contributed by atoms with Gasteiger partial charge in [0, 0.05) is 11.1 Å².